The summed E-state index contributed by atoms with van der Waals surface area (Å²) in [6.07, 6.45) is 0. The Hall–Kier alpha value is -5.08. The molecule has 1 heterocycles. The van der Waals surface area contributed by atoms with Crippen LogP contribution >= 0.6 is 0 Å². The Morgan fingerprint density at radius 2 is 0.947 bits per heavy atom. The van der Waals surface area contributed by atoms with Gasteiger partial charge < -0.3 is 9.32 Å². The van der Waals surface area contributed by atoms with E-state index in [-0.39, 0.29) is 0 Å². The highest BCUT2D eigenvalue weighted by atomic mass is 16.3. The van der Waals surface area contributed by atoms with Gasteiger partial charge in [0.2, 0.25) is 0 Å². The lowest BCUT2D eigenvalue weighted by Gasteiger charge is -2.29. The number of anilines is 3. The van der Waals surface area contributed by atoms with Gasteiger partial charge in [0, 0.05) is 32.6 Å². The van der Waals surface area contributed by atoms with Crippen LogP contribution in [0.15, 0.2) is 144 Å². The van der Waals surface area contributed by atoms with Crippen molar-refractivity contribution in [3.63, 3.8) is 0 Å². The van der Waals surface area contributed by atoms with Crippen molar-refractivity contribution >= 4 is 71.3 Å². The normalized spacial score (nSPS) is 11.7. The van der Waals surface area contributed by atoms with Gasteiger partial charge in [0.05, 0.1) is 11.4 Å². The summed E-state index contributed by atoms with van der Waals surface area (Å²) in [6.45, 7) is 0. The SMILES string of the molecule is c1ccc(N(c2cc3ccccc3c3ccccc23)c2cc3c4ccccc4oc3c3ccccc23)cc1. The lowest BCUT2D eigenvalue weighted by atomic mass is 9.97. The van der Waals surface area contributed by atoms with Crippen LogP contribution in [0.5, 0.6) is 0 Å². The van der Waals surface area contributed by atoms with E-state index < -0.39 is 0 Å². The highest BCUT2D eigenvalue weighted by Gasteiger charge is 2.22. The molecule has 7 aromatic carbocycles. The van der Waals surface area contributed by atoms with Crippen LogP contribution < -0.4 is 4.90 Å². The maximum Gasteiger partial charge on any atom is 0.143 e. The third-order valence-corrected chi connectivity index (χ3v) is 7.60. The van der Waals surface area contributed by atoms with Gasteiger partial charge in [-0.25, -0.2) is 0 Å². The third-order valence-electron chi connectivity index (χ3n) is 7.60. The van der Waals surface area contributed by atoms with E-state index in [2.05, 4.69) is 138 Å². The molecule has 38 heavy (non-hydrogen) atoms. The molecule has 178 valence electrons. The Morgan fingerprint density at radius 1 is 0.395 bits per heavy atom. The van der Waals surface area contributed by atoms with Crippen molar-refractivity contribution in [2.75, 3.05) is 4.90 Å². The Kier molecular flexibility index (Phi) is 4.55. The fourth-order valence-corrected chi connectivity index (χ4v) is 5.92. The van der Waals surface area contributed by atoms with Crippen molar-refractivity contribution in [2.24, 2.45) is 0 Å². The van der Waals surface area contributed by atoms with Crippen LogP contribution in [0.2, 0.25) is 0 Å². The Morgan fingerprint density at radius 3 is 1.74 bits per heavy atom. The predicted octanol–water partition coefficient (Wildman–Crippen LogP) is 10.5. The first-order valence-electron chi connectivity index (χ1n) is 13.0. The van der Waals surface area contributed by atoms with Gasteiger partial charge in [-0.15, -0.1) is 0 Å². The molecule has 0 radical (unpaired) electrons. The van der Waals surface area contributed by atoms with Crippen molar-refractivity contribution < 1.29 is 4.42 Å². The molecule has 0 bridgehead atoms. The van der Waals surface area contributed by atoms with Gasteiger partial charge in [0.15, 0.2) is 0 Å². The summed E-state index contributed by atoms with van der Waals surface area (Å²) >= 11 is 0. The maximum absolute atomic E-state index is 6.42. The molecule has 2 nitrogen and oxygen atoms in total. The average Bonchev–Trinajstić information content (AvgIpc) is 3.37. The number of benzene rings is 7. The fourth-order valence-electron chi connectivity index (χ4n) is 5.92. The van der Waals surface area contributed by atoms with E-state index in [4.69, 9.17) is 4.42 Å². The first kappa shape index (κ1) is 21.0. The minimum Gasteiger partial charge on any atom is -0.455 e. The molecular weight excluding hydrogens is 462 g/mol. The van der Waals surface area contributed by atoms with Gasteiger partial charge in [-0.2, -0.15) is 0 Å². The molecule has 0 aliphatic heterocycles. The van der Waals surface area contributed by atoms with Crippen LogP contribution in [-0.2, 0) is 0 Å². The van der Waals surface area contributed by atoms with Gasteiger partial charge in [-0.05, 0) is 46.5 Å². The van der Waals surface area contributed by atoms with E-state index in [0.717, 1.165) is 49.8 Å². The zero-order valence-electron chi connectivity index (χ0n) is 20.6. The Bertz CT molecular complexity index is 2140. The zero-order valence-corrected chi connectivity index (χ0v) is 20.6. The number of hydrogen-bond acceptors (Lipinski definition) is 2. The monoisotopic (exact) mass is 485 g/mol. The second kappa shape index (κ2) is 8.22. The standard InChI is InChI=1S/C36H23NO/c1-2-13-25(14-3-1)37(33-22-24-12-4-5-15-26(24)27-16-6-7-17-28(27)33)34-23-32-30-19-10-11-21-35(30)38-36(32)31-20-9-8-18-29(31)34/h1-23H. The molecule has 0 saturated carbocycles. The smallest absolute Gasteiger partial charge is 0.143 e. The van der Waals surface area contributed by atoms with Crippen molar-refractivity contribution in [2.45, 2.75) is 0 Å². The maximum atomic E-state index is 6.42. The number of para-hydroxylation sites is 2. The molecular formula is C36H23NO. The number of fused-ring (bicyclic) bond motifs is 8. The van der Waals surface area contributed by atoms with Crippen LogP contribution in [0.3, 0.4) is 0 Å². The highest BCUT2D eigenvalue weighted by Crippen LogP contribution is 2.47. The van der Waals surface area contributed by atoms with Crippen molar-refractivity contribution in [3.05, 3.63) is 140 Å². The molecule has 0 amide bonds. The van der Waals surface area contributed by atoms with Crippen LogP contribution in [0.4, 0.5) is 17.1 Å². The molecule has 0 spiro atoms. The Balaban J connectivity index is 1.55. The zero-order chi connectivity index (χ0) is 25.1. The molecule has 0 N–H and O–H groups in total. The van der Waals surface area contributed by atoms with E-state index in [0.29, 0.717) is 0 Å². The molecule has 0 aliphatic rings. The number of rotatable bonds is 3. The largest absolute Gasteiger partial charge is 0.455 e. The van der Waals surface area contributed by atoms with E-state index in [1.54, 1.807) is 0 Å². The molecule has 0 aliphatic carbocycles. The van der Waals surface area contributed by atoms with Crippen LogP contribution in [0, 0.1) is 0 Å². The lowest BCUT2D eigenvalue weighted by molar-refractivity contribution is 0.672. The first-order valence-corrected chi connectivity index (χ1v) is 13.0. The second-order valence-corrected chi connectivity index (χ2v) is 9.75. The van der Waals surface area contributed by atoms with Crippen LogP contribution in [0.1, 0.15) is 0 Å². The summed E-state index contributed by atoms with van der Waals surface area (Å²) in [4.78, 5) is 2.42. The molecule has 8 rings (SSSR count). The second-order valence-electron chi connectivity index (χ2n) is 9.75. The van der Waals surface area contributed by atoms with Crippen molar-refractivity contribution in [1.82, 2.24) is 0 Å². The quantitative estimate of drug-likeness (QED) is 0.231. The molecule has 0 atom stereocenters. The van der Waals surface area contributed by atoms with E-state index in [1.807, 2.05) is 6.07 Å². The van der Waals surface area contributed by atoms with Crippen LogP contribution in [-0.4, -0.2) is 0 Å². The van der Waals surface area contributed by atoms with E-state index in [9.17, 15) is 0 Å². The third kappa shape index (κ3) is 3.07. The summed E-state index contributed by atoms with van der Waals surface area (Å²) in [5, 5.41) is 9.48. The molecule has 0 unspecified atom stereocenters. The fraction of sp³-hybridized carbons (Fsp3) is 0. The first-order chi connectivity index (χ1) is 18.9. The van der Waals surface area contributed by atoms with Crippen molar-refractivity contribution in [1.29, 1.82) is 0 Å². The van der Waals surface area contributed by atoms with Crippen molar-refractivity contribution in [3.8, 4) is 0 Å². The number of furan rings is 1. The Labute approximate surface area is 220 Å². The van der Waals surface area contributed by atoms with E-state index in [1.165, 1.54) is 21.5 Å². The summed E-state index contributed by atoms with van der Waals surface area (Å²) in [5.41, 5.74) is 5.24. The molecule has 2 heteroatoms. The summed E-state index contributed by atoms with van der Waals surface area (Å²) in [5.74, 6) is 0. The summed E-state index contributed by atoms with van der Waals surface area (Å²) in [7, 11) is 0. The summed E-state index contributed by atoms with van der Waals surface area (Å²) in [6, 6.07) is 49.6. The molecule has 0 saturated heterocycles. The summed E-state index contributed by atoms with van der Waals surface area (Å²) < 4.78 is 6.42. The van der Waals surface area contributed by atoms with Gasteiger partial charge in [0.1, 0.15) is 11.2 Å². The van der Waals surface area contributed by atoms with Crippen LogP contribution in [0.25, 0.3) is 54.3 Å². The number of hydrogen-bond donors (Lipinski definition) is 0. The minimum atomic E-state index is 0.909. The van der Waals surface area contributed by atoms with Gasteiger partial charge in [0.25, 0.3) is 0 Å². The predicted molar refractivity (Wildman–Crippen MR) is 161 cm³/mol. The topological polar surface area (TPSA) is 16.4 Å². The molecule has 0 fully saturated rings. The van der Waals surface area contributed by atoms with E-state index >= 15 is 0 Å². The molecule has 8 aromatic rings. The minimum absolute atomic E-state index is 0.909. The van der Waals surface area contributed by atoms with Gasteiger partial charge >= 0.3 is 0 Å². The highest BCUT2D eigenvalue weighted by molar-refractivity contribution is 6.21. The lowest BCUT2D eigenvalue weighted by Crippen LogP contribution is -2.11. The average molecular weight is 486 g/mol. The molecule has 1 aromatic heterocycles. The number of nitrogens with zero attached hydrogens (tertiary/aromatic N) is 1. The van der Waals surface area contributed by atoms with Gasteiger partial charge in [-0.1, -0.05) is 109 Å². The van der Waals surface area contributed by atoms with Gasteiger partial charge in [-0.3, -0.25) is 0 Å².